The van der Waals surface area contributed by atoms with Gasteiger partial charge >= 0.3 is 11.9 Å². The smallest absolute Gasteiger partial charge is 0.315 e. The lowest BCUT2D eigenvalue weighted by atomic mass is 9.61. The summed E-state index contributed by atoms with van der Waals surface area (Å²) in [5, 5.41) is 24.0. The van der Waals surface area contributed by atoms with Crippen molar-refractivity contribution in [3.8, 4) is 11.5 Å². The van der Waals surface area contributed by atoms with Gasteiger partial charge in [0.15, 0.2) is 11.5 Å². The van der Waals surface area contributed by atoms with E-state index in [1.54, 1.807) is 32.0 Å². The average Bonchev–Trinajstić information content (AvgIpc) is 2.71. The second kappa shape index (κ2) is 9.80. The molecule has 9 nitrogen and oxygen atoms in total. The minimum absolute atomic E-state index is 0.0267. The molecule has 4 atom stereocenters. The minimum atomic E-state index is -1.63. The van der Waals surface area contributed by atoms with E-state index < -0.39 is 35.3 Å². The monoisotopic (exact) mass is 423 g/mol. The van der Waals surface area contributed by atoms with Gasteiger partial charge in [-0.3, -0.25) is 9.59 Å². The van der Waals surface area contributed by atoms with Gasteiger partial charge in [0.2, 0.25) is 0 Å². The molecule has 0 aliphatic heterocycles. The number of carbonyl (C=O) groups is 2. The van der Waals surface area contributed by atoms with Crippen LogP contribution in [0.4, 0.5) is 0 Å². The Labute approximate surface area is 175 Å². The molecule has 166 valence electrons. The molecule has 1 fully saturated rings. The molecule has 0 heterocycles. The van der Waals surface area contributed by atoms with Crippen LogP contribution in [0.2, 0.25) is 0 Å². The van der Waals surface area contributed by atoms with E-state index in [2.05, 4.69) is 5.16 Å². The topological polar surface area (TPSA) is 124 Å². The molecule has 2 rings (SSSR count). The SMILES string of the molecule is CCOC(=O)[C@@H]1/C(=N/O)C[C@](C)(O)[C@H](C(=O)OCC)[C@@H]1c1ccc(OC)c(OC)c1. The Hall–Kier alpha value is -2.81. The summed E-state index contributed by atoms with van der Waals surface area (Å²) in [6.07, 6.45) is -0.194. The van der Waals surface area contributed by atoms with Crippen molar-refractivity contribution in [3.63, 3.8) is 0 Å². The maximum atomic E-state index is 12.9. The molecule has 0 spiro atoms. The maximum Gasteiger partial charge on any atom is 0.315 e. The van der Waals surface area contributed by atoms with E-state index >= 15 is 0 Å². The van der Waals surface area contributed by atoms with Gasteiger partial charge in [0.1, 0.15) is 5.92 Å². The number of hydrogen-bond acceptors (Lipinski definition) is 9. The van der Waals surface area contributed by atoms with Crippen LogP contribution < -0.4 is 9.47 Å². The molecule has 1 aliphatic carbocycles. The van der Waals surface area contributed by atoms with Crippen LogP contribution in [0.15, 0.2) is 23.4 Å². The number of nitrogens with zero attached hydrogens (tertiary/aromatic N) is 1. The largest absolute Gasteiger partial charge is 0.493 e. The fourth-order valence-electron chi connectivity index (χ4n) is 4.06. The Balaban J connectivity index is 2.73. The Kier molecular flexibility index (Phi) is 7.66. The fraction of sp³-hybridized carbons (Fsp3) is 0.571. The van der Waals surface area contributed by atoms with Crippen molar-refractivity contribution in [3.05, 3.63) is 23.8 Å². The lowest BCUT2D eigenvalue weighted by molar-refractivity contribution is -0.163. The van der Waals surface area contributed by atoms with Gasteiger partial charge in [0.25, 0.3) is 0 Å². The summed E-state index contributed by atoms with van der Waals surface area (Å²) >= 11 is 0. The number of methoxy groups -OCH3 is 2. The first-order valence-electron chi connectivity index (χ1n) is 9.74. The number of benzene rings is 1. The van der Waals surface area contributed by atoms with E-state index in [1.165, 1.54) is 21.1 Å². The summed E-state index contributed by atoms with van der Waals surface area (Å²) in [6, 6.07) is 4.93. The number of oxime groups is 1. The molecule has 2 N–H and O–H groups in total. The van der Waals surface area contributed by atoms with Gasteiger partial charge in [0.05, 0.1) is 44.7 Å². The summed E-state index contributed by atoms with van der Waals surface area (Å²) in [4.78, 5) is 25.8. The average molecular weight is 423 g/mol. The molecule has 9 heteroatoms. The van der Waals surface area contributed by atoms with Crippen molar-refractivity contribution in [1.29, 1.82) is 0 Å². The van der Waals surface area contributed by atoms with Crippen LogP contribution in [-0.2, 0) is 19.1 Å². The zero-order valence-corrected chi connectivity index (χ0v) is 17.9. The number of rotatable bonds is 7. The molecular weight excluding hydrogens is 394 g/mol. The highest BCUT2D eigenvalue weighted by atomic mass is 16.5. The predicted molar refractivity (Wildman–Crippen MR) is 107 cm³/mol. The summed E-state index contributed by atoms with van der Waals surface area (Å²) < 4.78 is 21.0. The molecule has 0 amide bonds. The minimum Gasteiger partial charge on any atom is -0.493 e. The van der Waals surface area contributed by atoms with Crippen LogP contribution in [0.5, 0.6) is 11.5 Å². The van der Waals surface area contributed by atoms with Gasteiger partial charge in [-0.25, -0.2) is 0 Å². The number of hydrogen-bond donors (Lipinski definition) is 2. The number of esters is 2. The quantitative estimate of drug-likeness (QED) is 0.388. The third-order valence-corrected chi connectivity index (χ3v) is 5.29. The Morgan fingerprint density at radius 2 is 1.70 bits per heavy atom. The lowest BCUT2D eigenvalue weighted by Gasteiger charge is -2.44. The molecule has 1 aromatic carbocycles. The van der Waals surface area contributed by atoms with E-state index in [4.69, 9.17) is 18.9 Å². The first-order chi connectivity index (χ1) is 14.2. The van der Waals surface area contributed by atoms with Crippen LogP contribution in [0.1, 0.15) is 38.7 Å². The van der Waals surface area contributed by atoms with Crippen LogP contribution in [0.3, 0.4) is 0 Å². The zero-order valence-electron chi connectivity index (χ0n) is 17.9. The van der Waals surface area contributed by atoms with Crippen molar-refractivity contribution < 1.29 is 38.9 Å². The van der Waals surface area contributed by atoms with Crippen LogP contribution in [-0.4, -0.2) is 61.0 Å². The van der Waals surface area contributed by atoms with Gasteiger partial charge < -0.3 is 29.3 Å². The highest BCUT2D eigenvalue weighted by molar-refractivity contribution is 6.05. The van der Waals surface area contributed by atoms with Crippen molar-refractivity contribution in [2.24, 2.45) is 17.0 Å². The molecule has 30 heavy (non-hydrogen) atoms. The third-order valence-electron chi connectivity index (χ3n) is 5.29. The molecule has 0 radical (unpaired) electrons. The molecule has 1 aliphatic rings. The highest BCUT2D eigenvalue weighted by Gasteiger charge is 2.56. The molecule has 1 aromatic rings. The van der Waals surface area contributed by atoms with Crippen LogP contribution in [0, 0.1) is 11.8 Å². The van der Waals surface area contributed by atoms with Gasteiger partial charge in [-0.1, -0.05) is 11.2 Å². The van der Waals surface area contributed by atoms with Crippen LogP contribution in [0.25, 0.3) is 0 Å². The molecule has 0 unspecified atom stereocenters. The van der Waals surface area contributed by atoms with Crippen LogP contribution >= 0.6 is 0 Å². The highest BCUT2D eigenvalue weighted by Crippen LogP contribution is 2.48. The molecule has 0 bridgehead atoms. The predicted octanol–water partition coefficient (Wildman–Crippen LogP) is 2.13. The van der Waals surface area contributed by atoms with Gasteiger partial charge in [-0.05, 0) is 38.5 Å². The first kappa shape index (κ1) is 23.5. The van der Waals surface area contributed by atoms with E-state index in [1.807, 2.05) is 0 Å². The molecule has 0 aromatic heterocycles. The summed E-state index contributed by atoms with van der Waals surface area (Å²) in [5.74, 6) is -3.60. The molecule has 1 saturated carbocycles. The second-order valence-corrected chi connectivity index (χ2v) is 7.22. The number of ether oxygens (including phenoxy) is 4. The second-order valence-electron chi connectivity index (χ2n) is 7.22. The Morgan fingerprint density at radius 3 is 2.23 bits per heavy atom. The molecular formula is C21H29NO8. The van der Waals surface area contributed by atoms with Gasteiger partial charge in [-0.15, -0.1) is 0 Å². The van der Waals surface area contributed by atoms with Crippen molar-refractivity contribution in [2.45, 2.75) is 38.7 Å². The van der Waals surface area contributed by atoms with Gasteiger partial charge in [-0.2, -0.15) is 0 Å². The molecule has 0 saturated heterocycles. The van der Waals surface area contributed by atoms with Crippen molar-refractivity contribution >= 4 is 17.7 Å². The van der Waals surface area contributed by atoms with E-state index in [0.717, 1.165) is 0 Å². The third kappa shape index (κ3) is 4.51. The number of aliphatic hydroxyl groups is 1. The normalized spacial score (nSPS) is 27.4. The van der Waals surface area contributed by atoms with E-state index in [9.17, 15) is 19.9 Å². The maximum absolute atomic E-state index is 12.9. The summed E-state index contributed by atoms with van der Waals surface area (Å²) in [6.45, 7) is 4.97. The van der Waals surface area contributed by atoms with Crippen molar-refractivity contribution in [1.82, 2.24) is 0 Å². The van der Waals surface area contributed by atoms with Gasteiger partial charge in [0, 0.05) is 12.3 Å². The van der Waals surface area contributed by atoms with E-state index in [0.29, 0.717) is 17.1 Å². The van der Waals surface area contributed by atoms with E-state index in [-0.39, 0.29) is 25.3 Å². The Bertz CT molecular complexity index is 804. The lowest BCUT2D eigenvalue weighted by Crippen LogP contribution is -2.55. The number of carbonyl (C=O) groups excluding carboxylic acids is 2. The fourth-order valence-corrected chi connectivity index (χ4v) is 4.06. The standard InChI is InChI=1S/C21H29NO8/c1-6-29-19(23)17-13(22-26)11-21(3,25)18(20(24)30-7-2)16(17)12-8-9-14(27-4)15(10-12)28-5/h8-10,16-18,25-26H,6-7,11H2,1-5H3/b22-13+/t16-,17-,18+,21+/m1/s1. The summed E-state index contributed by atoms with van der Waals surface area (Å²) in [5.41, 5.74) is -1.10. The Morgan fingerprint density at radius 1 is 1.10 bits per heavy atom. The first-order valence-corrected chi connectivity index (χ1v) is 9.74. The van der Waals surface area contributed by atoms with Crippen molar-refractivity contribution in [2.75, 3.05) is 27.4 Å². The zero-order chi connectivity index (χ0) is 22.5. The summed E-state index contributed by atoms with van der Waals surface area (Å²) in [7, 11) is 2.95.